The maximum absolute atomic E-state index is 6.49. The first-order valence-electron chi connectivity index (χ1n) is 12.0. The number of benzene rings is 5. The summed E-state index contributed by atoms with van der Waals surface area (Å²) >= 11 is 6.49. The van der Waals surface area contributed by atoms with Gasteiger partial charge >= 0.3 is 0 Å². The van der Waals surface area contributed by atoms with Crippen LogP contribution in [0.15, 0.2) is 121 Å². The molecule has 0 aromatic heterocycles. The first-order chi connectivity index (χ1) is 17.0. The van der Waals surface area contributed by atoms with Gasteiger partial charge in [0, 0.05) is 21.8 Å². The molecular weight excluding hydrogens is 446 g/mol. The van der Waals surface area contributed by atoms with Crippen molar-refractivity contribution in [3.8, 4) is 22.3 Å². The Balaban J connectivity index is 1.55. The number of hydrogen-bond donors (Lipinski definition) is 0. The molecule has 0 atom stereocenters. The van der Waals surface area contributed by atoms with Crippen molar-refractivity contribution in [2.24, 2.45) is 0 Å². The average molecular weight is 472 g/mol. The Hall–Kier alpha value is -3.81. The topological polar surface area (TPSA) is 3.24 Å². The van der Waals surface area contributed by atoms with Gasteiger partial charge in [-0.05, 0) is 69.8 Å². The lowest BCUT2D eigenvalue weighted by atomic mass is 9.81. The largest absolute Gasteiger partial charge is 0.310 e. The van der Waals surface area contributed by atoms with E-state index in [1.807, 2.05) is 18.2 Å². The predicted octanol–water partition coefficient (Wildman–Crippen LogP) is 9.78. The Bertz CT molecular complexity index is 1520. The monoisotopic (exact) mass is 471 g/mol. The predicted molar refractivity (Wildman–Crippen MR) is 149 cm³/mol. The number of nitrogens with zero attached hydrogens (tertiary/aromatic N) is 1. The van der Waals surface area contributed by atoms with Crippen molar-refractivity contribution in [3.05, 3.63) is 137 Å². The molecular formula is C33H26ClN. The van der Waals surface area contributed by atoms with Crippen LogP contribution in [0.5, 0.6) is 0 Å². The van der Waals surface area contributed by atoms with Crippen molar-refractivity contribution in [2.45, 2.75) is 19.3 Å². The van der Waals surface area contributed by atoms with E-state index in [9.17, 15) is 0 Å². The average Bonchev–Trinajstić information content (AvgIpc) is 3.13. The summed E-state index contributed by atoms with van der Waals surface area (Å²) in [7, 11) is 0. The van der Waals surface area contributed by atoms with Crippen LogP contribution in [-0.2, 0) is 5.41 Å². The fourth-order valence-electron chi connectivity index (χ4n) is 5.48. The fraction of sp³-hybridized carbons (Fsp3) is 0.0909. The van der Waals surface area contributed by atoms with Crippen molar-refractivity contribution in [1.82, 2.24) is 0 Å². The Morgan fingerprint density at radius 2 is 1.23 bits per heavy atom. The highest BCUT2D eigenvalue weighted by Crippen LogP contribution is 2.54. The van der Waals surface area contributed by atoms with E-state index >= 15 is 0 Å². The molecule has 5 aromatic carbocycles. The molecule has 0 spiro atoms. The minimum absolute atomic E-state index is 0.122. The zero-order chi connectivity index (χ0) is 24.0. The highest BCUT2D eigenvalue weighted by Gasteiger charge is 2.38. The molecule has 1 aliphatic carbocycles. The molecule has 5 aromatic rings. The number of halogens is 1. The Labute approximate surface area is 212 Å². The fourth-order valence-corrected chi connectivity index (χ4v) is 5.67. The van der Waals surface area contributed by atoms with Crippen LogP contribution in [0.3, 0.4) is 0 Å². The minimum atomic E-state index is -0.122. The summed E-state index contributed by atoms with van der Waals surface area (Å²) in [5.74, 6) is 0. The lowest BCUT2D eigenvalue weighted by molar-refractivity contribution is 0.661. The second-order valence-electron chi connectivity index (χ2n) is 9.60. The maximum atomic E-state index is 6.49. The molecule has 0 aliphatic heterocycles. The summed E-state index contributed by atoms with van der Waals surface area (Å²) in [6.45, 7) is 4.66. The van der Waals surface area contributed by atoms with Gasteiger partial charge in [-0.3, -0.25) is 0 Å². The van der Waals surface area contributed by atoms with Crippen LogP contribution in [0.1, 0.15) is 25.0 Å². The molecule has 0 radical (unpaired) electrons. The zero-order valence-electron chi connectivity index (χ0n) is 19.9. The van der Waals surface area contributed by atoms with Crippen molar-refractivity contribution in [1.29, 1.82) is 0 Å². The first kappa shape index (κ1) is 21.7. The molecule has 0 amide bonds. The summed E-state index contributed by atoms with van der Waals surface area (Å²) in [6.07, 6.45) is 0. The zero-order valence-corrected chi connectivity index (χ0v) is 20.6. The number of rotatable bonds is 4. The lowest BCUT2D eigenvalue weighted by Crippen LogP contribution is -2.20. The van der Waals surface area contributed by atoms with Crippen molar-refractivity contribution >= 4 is 28.7 Å². The molecule has 2 heteroatoms. The number of hydrogen-bond acceptors (Lipinski definition) is 1. The highest BCUT2D eigenvalue weighted by atomic mass is 35.5. The molecule has 0 saturated carbocycles. The van der Waals surface area contributed by atoms with Gasteiger partial charge in [0.2, 0.25) is 0 Å². The van der Waals surface area contributed by atoms with Gasteiger partial charge in [-0.1, -0.05) is 110 Å². The van der Waals surface area contributed by atoms with Gasteiger partial charge in [0.1, 0.15) is 0 Å². The van der Waals surface area contributed by atoms with Crippen LogP contribution in [0.2, 0.25) is 5.02 Å². The summed E-state index contributed by atoms with van der Waals surface area (Å²) < 4.78 is 0. The smallest absolute Gasteiger partial charge is 0.0508 e. The molecule has 0 N–H and O–H groups in total. The van der Waals surface area contributed by atoms with Gasteiger partial charge in [-0.2, -0.15) is 0 Å². The quantitative estimate of drug-likeness (QED) is 0.252. The maximum Gasteiger partial charge on any atom is 0.0508 e. The van der Waals surface area contributed by atoms with Gasteiger partial charge in [0.15, 0.2) is 0 Å². The van der Waals surface area contributed by atoms with E-state index in [1.165, 1.54) is 39.1 Å². The van der Waals surface area contributed by atoms with E-state index in [2.05, 4.69) is 122 Å². The first-order valence-corrected chi connectivity index (χ1v) is 12.4. The van der Waals surface area contributed by atoms with Crippen molar-refractivity contribution in [3.63, 3.8) is 0 Å². The van der Waals surface area contributed by atoms with Crippen LogP contribution >= 0.6 is 11.6 Å². The molecule has 1 aliphatic rings. The van der Waals surface area contributed by atoms with Gasteiger partial charge in [0.05, 0.1) is 5.69 Å². The highest BCUT2D eigenvalue weighted by molar-refractivity contribution is 6.30. The minimum Gasteiger partial charge on any atom is -0.310 e. The SMILES string of the molecule is CC1(C)c2ccccc2-c2cccc(N(c3ccc(-c4ccccc4)cc3)c3cccc(Cl)c3)c21. The molecule has 0 heterocycles. The van der Waals surface area contributed by atoms with Gasteiger partial charge in [-0.15, -0.1) is 0 Å². The summed E-state index contributed by atoms with van der Waals surface area (Å²) in [4.78, 5) is 2.34. The Kier molecular flexibility index (Phi) is 5.24. The Morgan fingerprint density at radius 3 is 2.00 bits per heavy atom. The van der Waals surface area contributed by atoms with E-state index < -0.39 is 0 Å². The van der Waals surface area contributed by atoms with Crippen LogP contribution in [0.4, 0.5) is 17.1 Å². The number of fused-ring (bicyclic) bond motifs is 3. The molecule has 35 heavy (non-hydrogen) atoms. The third-order valence-electron chi connectivity index (χ3n) is 7.10. The molecule has 170 valence electrons. The molecule has 0 unspecified atom stereocenters. The summed E-state index contributed by atoms with van der Waals surface area (Å²) in [5.41, 5.74) is 11.0. The normalized spacial score (nSPS) is 13.2. The van der Waals surface area contributed by atoms with Crippen molar-refractivity contribution < 1.29 is 0 Å². The van der Waals surface area contributed by atoms with Gasteiger partial charge < -0.3 is 4.90 Å². The van der Waals surface area contributed by atoms with Crippen LogP contribution < -0.4 is 4.90 Å². The second kappa shape index (κ2) is 8.45. The van der Waals surface area contributed by atoms with Crippen molar-refractivity contribution in [2.75, 3.05) is 4.90 Å². The van der Waals surface area contributed by atoms with Crippen LogP contribution in [-0.4, -0.2) is 0 Å². The van der Waals surface area contributed by atoms with Crippen LogP contribution in [0.25, 0.3) is 22.3 Å². The standard InChI is InChI=1S/C33H26ClN/c1-33(2)30-16-7-6-14-28(30)29-15-9-17-31(32(29)33)35(27-13-8-12-25(34)22-27)26-20-18-24(19-21-26)23-10-4-3-5-11-23/h3-22H,1-2H3. The summed E-state index contributed by atoms with van der Waals surface area (Å²) in [5, 5.41) is 0.725. The van der Waals surface area contributed by atoms with E-state index in [-0.39, 0.29) is 5.41 Å². The third kappa shape index (κ3) is 3.64. The van der Waals surface area contributed by atoms with E-state index in [4.69, 9.17) is 11.6 Å². The van der Waals surface area contributed by atoms with E-state index in [0.29, 0.717) is 0 Å². The summed E-state index contributed by atoms with van der Waals surface area (Å²) in [6, 6.07) is 42.9. The molecule has 1 nitrogen and oxygen atoms in total. The van der Waals surface area contributed by atoms with Crippen LogP contribution in [0, 0.1) is 0 Å². The molecule has 0 saturated heterocycles. The lowest BCUT2D eigenvalue weighted by Gasteiger charge is -2.32. The number of anilines is 3. The van der Waals surface area contributed by atoms with E-state index in [0.717, 1.165) is 16.4 Å². The molecule has 6 rings (SSSR count). The molecule has 0 fully saturated rings. The molecule has 0 bridgehead atoms. The van der Waals surface area contributed by atoms with Gasteiger partial charge in [-0.25, -0.2) is 0 Å². The van der Waals surface area contributed by atoms with E-state index in [1.54, 1.807) is 0 Å². The second-order valence-corrected chi connectivity index (χ2v) is 10.0. The Morgan fingerprint density at radius 1 is 0.571 bits per heavy atom. The third-order valence-corrected chi connectivity index (χ3v) is 7.33. The van der Waals surface area contributed by atoms with Gasteiger partial charge in [0.25, 0.3) is 0 Å².